The van der Waals surface area contributed by atoms with E-state index in [9.17, 15) is 0 Å². The van der Waals surface area contributed by atoms with Gasteiger partial charge in [0.25, 0.3) is 0 Å². The molecule has 0 radical (unpaired) electrons. The second-order valence-corrected chi connectivity index (χ2v) is 16.7. The van der Waals surface area contributed by atoms with Crippen molar-refractivity contribution in [1.29, 1.82) is 0 Å². The zero-order valence-electron chi connectivity index (χ0n) is 33.2. The third-order valence-corrected chi connectivity index (χ3v) is 13.4. The van der Waals surface area contributed by atoms with Gasteiger partial charge in [-0.25, -0.2) is 0 Å². The molecule has 0 atom stereocenters. The zero-order chi connectivity index (χ0) is 40.3. The van der Waals surface area contributed by atoms with E-state index in [-0.39, 0.29) is 0 Å². The van der Waals surface area contributed by atoms with Crippen LogP contribution in [0.1, 0.15) is 0 Å². The van der Waals surface area contributed by atoms with Crippen molar-refractivity contribution >= 4 is 81.1 Å². The van der Waals surface area contributed by atoms with Crippen LogP contribution < -0.4 is 4.90 Å². The molecule has 12 rings (SSSR count). The fraction of sp³-hybridized carbons (Fsp3) is 0. The van der Waals surface area contributed by atoms with Gasteiger partial charge in [-0.2, -0.15) is 0 Å². The number of hydrogen-bond donors (Lipinski definition) is 0. The predicted molar refractivity (Wildman–Crippen MR) is 262 cm³/mol. The molecule has 0 N–H and O–H groups in total. The summed E-state index contributed by atoms with van der Waals surface area (Å²) >= 11 is 1.88. The SMILES string of the molecule is c1ccc(-c2ccc(-c3cccc4ccccc34)cc2N(c2ccc(-c3cccc4c3sc3ccccc34)cc2)c2ccccc2-n2c3ccccc3c3ccccc32)cc1. The number of para-hydroxylation sites is 4. The molecule has 2 heterocycles. The van der Waals surface area contributed by atoms with Crippen molar-refractivity contribution in [3.8, 4) is 39.1 Å². The summed E-state index contributed by atoms with van der Waals surface area (Å²) in [7, 11) is 0. The highest BCUT2D eigenvalue weighted by Crippen LogP contribution is 2.48. The molecule has 2 nitrogen and oxygen atoms in total. The monoisotopic (exact) mass is 794 g/mol. The van der Waals surface area contributed by atoms with E-state index in [2.05, 4.69) is 240 Å². The van der Waals surface area contributed by atoms with E-state index in [0.717, 1.165) is 33.9 Å². The van der Waals surface area contributed by atoms with Crippen molar-refractivity contribution in [3.05, 3.63) is 231 Å². The molecule has 0 unspecified atom stereocenters. The van der Waals surface area contributed by atoms with Gasteiger partial charge in [-0.1, -0.05) is 182 Å². The Balaban J connectivity index is 1.13. The van der Waals surface area contributed by atoms with E-state index < -0.39 is 0 Å². The molecular formula is C58H38N2S. The molecule has 0 saturated heterocycles. The summed E-state index contributed by atoms with van der Waals surface area (Å²) in [5.74, 6) is 0. The van der Waals surface area contributed by atoms with Crippen LogP contribution in [0.4, 0.5) is 17.1 Å². The van der Waals surface area contributed by atoms with Gasteiger partial charge in [0.2, 0.25) is 0 Å². The zero-order valence-corrected chi connectivity index (χ0v) is 34.1. The van der Waals surface area contributed by atoms with Gasteiger partial charge in [0.05, 0.1) is 28.1 Å². The average Bonchev–Trinajstić information content (AvgIpc) is 3.88. The molecule has 0 bridgehead atoms. The Kier molecular flexibility index (Phi) is 8.39. The fourth-order valence-electron chi connectivity index (χ4n) is 9.42. The van der Waals surface area contributed by atoms with Crippen LogP contribution in [0, 0.1) is 0 Å². The van der Waals surface area contributed by atoms with Crippen molar-refractivity contribution in [2.75, 3.05) is 4.90 Å². The number of fused-ring (bicyclic) bond motifs is 7. The maximum Gasteiger partial charge on any atom is 0.0702 e. The first-order chi connectivity index (χ1) is 30.3. The lowest BCUT2D eigenvalue weighted by Crippen LogP contribution is -2.14. The van der Waals surface area contributed by atoms with E-state index >= 15 is 0 Å². The summed E-state index contributed by atoms with van der Waals surface area (Å²) in [5.41, 5.74) is 13.9. The molecule has 0 fully saturated rings. The van der Waals surface area contributed by atoms with Gasteiger partial charge in [-0.05, 0) is 87.1 Å². The molecule has 286 valence electrons. The predicted octanol–water partition coefficient (Wildman–Crippen LogP) is 16.8. The van der Waals surface area contributed by atoms with Crippen molar-refractivity contribution in [2.24, 2.45) is 0 Å². The number of anilines is 3. The third kappa shape index (κ3) is 5.85. The minimum atomic E-state index is 1.08. The summed E-state index contributed by atoms with van der Waals surface area (Å²) in [5, 5.41) is 7.56. The van der Waals surface area contributed by atoms with Gasteiger partial charge in [-0.15, -0.1) is 11.3 Å². The molecule has 2 aromatic heterocycles. The van der Waals surface area contributed by atoms with Crippen molar-refractivity contribution < 1.29 is 0 Å². The standard InChI is InChI=1S/C58H38N2S/c1-2-16-40(17-3-1)46-37-34-42(45-24-14-19-39-18-4-5-20-44(39)45)38-56(46)59(43-35-32-41(33-36-43)47-25-15-26-51-50-23-8-13-31-57(50)61-58(47)51)54-29-11-12-30-55(54)60-52-27-9-6-21-48(52)49-22-7-10-28-53(49)60/h1-38H. The number of thiophene rings is 1. The highest BCUT2D eigenvalue weighted by molar-refractivity contribution is 7.26. The minimum absolute atomic E-state index is 1.08. The second kappa shape index (κ2) is 14.5. The van der Waals surface area contributed by atoms with E-state index in [1.165, 1.54) is 75.0 Å². The maximum absolute atomic E-state index is 2.49. The second-order valence-electron chi connectivity index (χ2n) is 15.6. The normalized spacial score (nSPS) is 11.6. The molecule has 0 saturated carbocycles. The highest BCUT2D eigenvalue weighted by Gasteiger charge is 2.24. The van der Waals surface area contributed by atoms with Gasteiger partial charge in [0, 0.05) is 42.2 Å². The number of nitrogens with zero attached hydrogens (tertiary/aromatic N) is 2. The van der Waals surface area contributed by atoms with Crippen LogP contribution in [0.2, 0.25) is 0 Å². The van der Waals surface area contributed by atoms with E-state index in [1.807, 2.05) is 11.3 Å². The molecule has 0 aliphatic rings. The van der Waals surface area contributed by atoms with Gasteiger partial charge >= 0.3 is 0 Å². The first-order valence-electron chi connectivity index (χ1n) is 20.8. The molecular weight excluding hydrogens is 757 g/mol. The molecule has 10 aromatic carbocycles. The Bertz CT molecular complexity index is 3540. The lowest BCUT2D eigenvalue weighted by atomic mass is 9.94. The summed E-state index contributed by atoms with van der Waals surface area (Å²) in [6.45, 7) is 0. The van der Waals surface area contributed by atoms with Crippen molar-refractivity contribution in [3.63, 3.8) is 0 Å². The molecule has 61 heavy (non-hydrogen) atoms. The van der Waals surface area contributed by atoms with Crippen molar-refractivity contribution in [2.45, 2.75) is 0 Å². The Morgan fingerprint density at radius 2 is 0.918 bits per heavy atom. The van der Waals surface area contributed by atoms with E-state index in [1.54, 1.807) is 0 Å². The molecule has 0 aliphatic heterocycles. The molecule has 0 amide bonds. The molecule has 0 spiro atoms. The first-order valence-corrected chi connectivity index (χ1v) is 21.7. The number of hydrogen-bond acceptors (Lipinski definition) is 2. The molecule has 3 heteroatoms. The maximum atomic E-state index is 2.49. The number of aromatic nitrogens is 1. The van der Waals surface area contributed by atoms with Crippen LogP contribution >= 0.6 is 11.3 Å². The van der Waals surface area contributed by atoms with Crippen LogP contribution in [-0.2, 0) is 0 Å². The Labute approximate surface area is 358 Å². The summed E-state index contributed by atoms with van der Waals surface area (Å²) in [6, 6.07) is 84.3. The van der Waals surface area contributed by atoms with Crippen LogP contribution in [0.3, 0.4) is 0 Å². The average molecular weight is 795 g/mol. The topological polar surface area (TPSA) is 8.17 Å². The van der Waals surface area contributed by atoms with E-state index in [0.29, 0.717) is 0 Å². The van der Waals surface area contributed by atoms with Gasteiger partial charge in [0.1, 0.15) is 0 Å². The molecule has 0 aliphatic carbocycles. The summed E-state index contributed by atoms with van der Waals surface area (Å²) in [4.78, 5) is 2.49. The Morgan fingerprint density at radius 3 is 1.72 bits per heavy atom. The van der Waals surface area contributed by atoms with Gasteiger partial charge < -0.3 is 9.47 Å². The largest absolute Gasteiger partial charge is 0.308 e. The lowest BCUT2D eigenvalue weighted by Gasteiger charge is -2.31. The smallest absolute Gasteiger partial charge is 0.0702 e. The lowest BCUT2D eigenvalue weighted by molar-refractivity contribution is 1.15. The summed E-state index contributed by atoms with van der Waals surface area (Å²) in [6.07, 6.45) is 0. The third-order valence-electron chi connectivity index (χ3n) is 12.2. The van der Waals surface area contributed by atoms with Crippen LogP contribution in [-0.4, -0.2) is 4.57 Å². The highest BCUT2D eigenvalue weighted by atomic mass is 32.1. The first kappa shape index (κ1) is 35.2. The number of rotatable bonds is 7. The Hall–Kier alpha value is -7.72. The van der Waals surface area contributed by atoms with Gasteiger partial charge in [0.15, 0.2) is 0 Å². The fourth-order valence-corrected chi connectivity index (χ4v) is 10.7. The van der Waals surface area contributed by atoms with Gasteiger partial charge in [-0.3, -0.25) is 0 Å². The minimum Gasteiger partial charge on any atom is -0.308 e. The van der Waals surface area contributed by atoms with Crippen molar-refractivity contribution in [1.82, 2.24) is 4.57 Å². The Morgan fingerprint density at radius 1 is 0.344 bits per heavy atom. The van der Waals surface area contributed by atoms with Crippen LogP contribution in [0.25, 0.3) is 91.8 Å². The van der Waals surface area contributed by atoms with E-state index in [4.69, 9.17) is 0 Å². The molecule has 12 aromatic rings. The quantitative estimate of drug-likeness (QED) is 0.156. The van der Waals surface area contributed by atoms with Crippen LogP contribution in [0.15, 0.2) is 231 Å². The number of benzene rings is 10. The van der Waals surface area contributed by atoms with Crippen LogP contribution in [0.5, 0.6) is 0 Å². The summed E-state index contributed by atoms with van der Waals surface area (Å²) < 4.78 is 5.08.